The molecule has 2 N–H and O–H groups in total. The molecule has 0 radical (unpaired) electrons. The van der Waals surface area contributed by atoms with E-state index >= 15 is 0 Å². The van der Waals surface area contributed by atoms with E-state index in [1.807, 2.05) is 18.2 Å². The number of nitrogens with two attached hydrogens (primary N) is 1. The summed E-state index contributed by atoms with van der Waals surface area (Å²) in [5.74, 6) is 0.0267. The van der Waals surface area contributed by atoms with E-state index in [0.717, 1.165) is 12.0 Å². The first-order valence-electron chi connectivity index (χ1n) is 7.67. The second kappa shape index (κ2) is 5.86. The maximum atomic E-state index is 12.8. The smallest absolute Gasteiger partial charge is 0.182 e. The van der Waals surface area contributed by atoms with Gasteiger partial charge in [-0.05, 0) is 42.1 Å². The van der Waals surface area contributed by atoms with Gasteiger partial charge in [-0.25, -0.2) is 8.42 Å². The fourth-order valence-corrected chi connectivity index (χ4v) is 5.47. The van der Waals surface area contributed by atoms with Crippen molar-refractivity contribution in [3.8, 4) is 0 Å². The molecule has 1 saturated carbocycles. The zero-order chi connectivity index (χ0) is 15.7. The lowest BCUT2D eigenvalue weighted by atomic mass is 10.1. The summed E-state index contributed by atoms with van der Waals surface area (Å²) in [6, 6.07) is 16.9. The van der Waals surface area contributed by atoms with E-state index in [0.29, 0.717) is 11.4 Å². The summed E-state index contributed by atoms with van der Waals surface area (Å²) < 4.78 is 25.6. The summed E-state index contributed by atoms with van der Waals surface area (Å²) in [4.78, 5) is 0.395. The van der Waals surface area contributed by atoms with Gasteiger partial charge in [0.25, 0.3) is 0 Å². The quantitative estimate of drug-likeness (QED) is 0.923. The van der Waals surface area contributed by atoms with Crippen LogP contribution in [-0.2, 0) is 16.3 Å². The molecule has 0 amide bonds. The average Bonchev–Trinajstić information content (AvgIpc) is 3.31. The molecule has 3 rings (SSSR count). The van der Waals surface area contributed by atoms with Crippen LogP contribution in [0, 0.1) is 5.92 Å². The molecule has 3 nitrogen and oxygen atoms in total. The summed E-state index contributed by atoms with van der Waals surface area (Å²) >= 11 is 0. The predicted octanol–water partition coefficient (Wildman–Crippen LogP) is 2.76. The van der Waals surface area contributed by atoms with Gasteiger partial charge >= 0.3 is 0 Å². The van der Waals surface area contributed by atoms with Gasteiger partial charge < -0.3 is 5.73 Å². The van der Waals surface area contributed by atoms with Gasteiger partial charge in [-0.2, -0.15) is 0 Å². The zero-order valence-corrected chi connectivity index (χ0v) is 13.5. The summed E-state index contributed by atoms with van der Waals surface area (Å²) in [6.07, 6.45) is 0.983. The van der Waals surface area contributed by atoms with Crippen molar-refractivity contribution in [2.24, 2.45) is 11.7 Å². The second-order valence-corrected chi connectivity index (χ2v) is 7.95. The lowest BCUT2D eigenvalue weighted by Crippen LogP contribution is -2.13. The minimum Gasteiger partial charge on any atom is -0.330 e. The van der Waals surface area contributed by atoms with Crippen LogP contribution in [-0.4, -0.2) is 20.2 Å². The zero-order valence-electron chi connectivity index (χ0n) is 12.6. The van der Waals surface area contributed by atoms with Crippen molar-refractivity contribution in [3.63, 3.8) is 0 Å². The normalized spacial score (nSPS) is 24.2. The third-order valence-electron chi connectivity index (χ3n) is 4.57. The lowest BCUT2D eigenvalue weighted by Gasteiger charge is -2.05. The molecule has 0 saturated heterocycles. The van der Waals surface area contributed by atoms with Gasteiger partial charge in [-0.3, -0.25) is 0 Å². The molecule has 0 aromatic heterocycles. The Morgan fingerprint density at radius 1 is 1.00 bits per heavy atom. The van der Waals surface area contributed by atoms with E-state index in [1.54, 1.807) is 24.3 Å². The van der Waals surface area contributed by atoms with Crippen LogP contribution in [0.25, 0.3) is 0 Å². The van der Waals surface area contributed by atoms with Crippen LogP contribution in [0.5, 0.6) is 0 Å². The molecule has 0 bridgehead atoms. The third-order valence-corrected chi connectivity index (χ3v) is 6.86. The number of hydrogen-bond donors (Lipinski definition) is 1. The van der Waals surface area contributed by atoms with Gasteiger partial charge in [0.15, 0.2) is 9.84 Å². The Morgan fingerprint density at radius 3 is 2.18 bits per heavy atom. The van der Waals surface area contributed by atoms with Crippen LogP contribution >= 0.6 is 0 Å². The molecule has 2 aromatic rings. The van der Waals surface area contributed by atoms with Crippen LogP contribution in [0.2, 0.25) is 0 Å². The lowest BCUT2D eigenvalue weighted by molar-refractivity contribution is 0.591. The summed E-state index contributed by atoms with van der Waals surface area (Å²) in [5, 5.41) is -0.396. The van der Waals surface area contributed by atoms with Crippen LogP contribution in [0.3, 0.4) is 0 Å². The van der Waals surface area contributed by atoms with Crippen molar-refractivity contribution in [2.45, 2.75) is 29.4 Å². The van der Waals surface area contributed by atoms with E-state index < -0.39 is 15.1 Å². The Balaban J connectivity index is 1.91. The summed E-state index contributed by atoms with van der Waals surface area (Å²) in [7, 11) is -3.32. The molecule has 1 fully saturated rings. The van der Waals surface area contributed by atoms with Gasteiger partial charge in [0.2, 0.25) is 0 Å². The highest BCUT2D eigenvalue weighted by molar-refractivity contribution is 7.92. The molecular weight excluding hydrogens is 294 g/mol. The minimum atomic E-state index is -3.32. The van der Waals surface area contributed by atoms with E-state index in [4.69, 9.17) is 5.73 Å². The van der Waals surface area contributed by atoms with E-state index in [9.17, 15) is 8.42 Å². The van der Waals surface area contributed by atoms with Crippen LogP contribution in [0.15, 0.2) is 59.5 Å². The molecule has 3 atom stereocenters. The number of hydrogen-bond acceptors (Lipinski definition) is 3. The topological polar surface area (TPSA) is 60.2 Å². The largest absolute Gasteiger partial charge is 0.330 e. The fraction of sp³-hybridized carbons (Fsp3) is 0.333. The van der Waals surface area contributed by atoms with Gasteiger partial charge in [-0.1, -0.05) is 49.4 Å². The first-order valence-corrected chi connectivity index (χ1v) is 9.22. The van der Waals surface area contributed by atoms with Crippen LogP contribution in [0.4, 0.5) is 0 Å². The Morgan fingerprint density at radius 2 is 1.64 bits per heavy atom. The molecule has 22 heavy (non-hydrogen) atoms. The average molecular weight is 315 g/mol. The molecule has 116 valence electrons. The van der Waals surface area contributed by atoms with Crippen LogP contribution < -0.4 is 5.73 Å². The predicted molar refractivity (Wildman–Crippen MR) is 88.5 cm³/mol. The van der Waals surface area contributed by atoms with Crippen molar-refractivity contribution < 1.29 is 8.42 Å². The van der Waals surface area contributed by atoms with Gasteiger partial charge in [0.05, 0.1) is 10.1 Å². The van der Waals surface area contributed by atoms with Crippen molar-refractivity contribution in [3.05, 3.63) is 65.7 Å². The highest BCUT2D eigenvalue weighted by Crippen LogP contribution is 2.53. The molecule has 4 heteroatoms. The number of rotatable bonds is 5. The van der Waals surface area contributed by atoms with Gasteiger partial charge in [-0.15, -0.1) is 0 Å². The van der Waals surface area contributed by atoms with Crippen LogP contribution in [0.1, 0.15) is 24.0 Å². The highest BCUT2D eigenvalue weighted by atomic mass is 32.2. The van der Waals surface area contributed by atoms with E-state index in [-0.39, 0.29) is 11.8 Å². The fourth-order valence-electron chi connectivity index (χ4n) is 3.23. The molecule has 2 aromatic carbocycles. The monoisotopic (exact) mass is 315 g/mol. The molecule has 0 aliphatic heterocycles. The highest BCUT2D eigenvalue weighted by Gasteiger charge is 2.57. The molecule has 0 spiro atoms. The summed E-state index contributed by atoms with van der Waals surface area (Å²) in [5.41, 5.74) is 8.16. The Labute approximate surface area is 132 Å². The first kappa shape index (κ1) is 15.3. The molecular formula is C18H21NO2S. The minimum absolute atomic E-state index is 0.0117. The second-order valence-electron chi connectivity index (χ2n) is 5.84. The van der Waals surface area contributed by atoms with E-state index in [1.165, 1.54) is 5.56 Å². The third kappa shape index (κ3) is 2.57. The molecule has 1 aliphatic carbocycles. The van der Waals surface area contributed by atoms with Crippen molar-refractivity contribution >= 4 is 9.84 Å². The molecule has 0 heterocycles. The standard InChI is InChI=1S/C18H21NO2S/c1-2-13-8-10-14(11-9-13)17-16(12-19)18(17)22(20,21)15-6-4-3-5-7-15/h3-11,16-18H,2,12,19H2,1H3/t16-,17+,18-/m0/s1. The van der Waals surface area contributed by atoms with Crippen molar-refractivity contribution in [1.82, 2.24) is 0 Å². The summed E-state index contributed by atoms with van der Waals surface area (Å²) in [6.45, 7) is 2.51. The van der Waals surface area contributed by atoms with Gasteiger partial charge in [0.1, 0.15) is 0 Å². The Kier molecular flexibility index (Phi) is 4.06. The SMILES string of the molecule is CCc1ccc([C@@H]2[C@H](CN)[C@@H]2S(=O)(=O)c2ccccc2)cc1. The Hall–Kier alpha value is -1.65. The first-order chi connectivity index (χ1) is 10.6. The number of benzene rings is 2. The molecule has 1 aliphatic rings. The van der Waals surface area contributed by atoms with Gasteiger partial charge in [0, 0.05) is 5.92 Å². The maximum absolute atomic E-state index is 12.8. The number of sulfone groups is 1. The van der Waals surface area contributed by atoms with Crippen molar-refractivity contribution in [2.75, 3.05) is 6.54 Å². The van der Waals surface area contributed by atoms with Crippen molar-refractivity contribution in [1.29, 1.82) is 0 Å². The molecule has 0 unspecified atom stereocenters. The maximum Gasteiger partial charge on any atom is 0.182 e. The Bertz CT molecular complexity index is 738. The van der Waals surface area contributed by atoms with E-state index in [2.05, 4.69) is 19.1 Å². The number of aryl methyl sites for hydroxylation is 1.